The predicted molar refractivity (Wildman–Crippen MR) is 88.1 cm³/mol. The molecule has 0 bridgehead atoms. The van der Waals surface area contributed by atoms with Crippen LogP contribution in [0.1, 0.15) is 32.0 Å². The minimum absolute atomic E-state index is 0.178. The van der Waals surface area contributed by atoms with Crippen molar-refractivity contribution in [2.75, 3.05) is 6.54 Å². The van der Waals surface area contributed by atoms with Crippen LogP contribution in [0, 0.1) is 13.8 Å². The molecule has 1 aromatic heterocycles. The number of carbonyl (C=O) groups is 3. The van der Waals surface area contributed by atoms with Gasteiger partial charge in [-0.05, 0) is 49.2 Å². The fourth-order valence-electron chi connectivity index (χ4n) is 1.88. The molecular weight excluding hydrogens is 308 g/mol. The third-order valence-corrected chi connectivity index (χ3v) is 3.39. The zero-order chi connectivity index (χ0) is 17.5. The Morgan fingerprint density at radius 2 is 1.75 bits per heavy atom. The van der Waals surface area contributed by atoms with Gasteiger partial charge in [-0.15, -0.1) is 0 Å². The van der Waals surface area contributed by atoms with Gasteiger partial charge < -0.3 is 5.32 Å². The Morgan fingerprint density at radius 1 is 0.958 bits per heavy atom. The van der Waals surface area contributed by atoms with Crippen LogP contribution in [0.3, 0.4) is 0 Å². The summed E-state index contributed by atoms with van der Waals surface area (Å²) in [6, 6.07) is 10.1. The highest BCUT2D eigenvalue weighted by Crippen LogP contribution is 2.09. The Kier molecular flexibility index (Phi) is 5.62. The van der Waals surface area contributed by atoms with E-state index in [4.69, 9.17) is 0 Å². The van der Waals surface area contributed by atoms with Gasteiger partial charge in [-0.2, -0.15) is 0 Å². The molecule has 3 N–H and O–H groups in total. The first-order chi connectivity index (χ1) is 11.5. The number of pyridine rings is 1. The number of hydrogen-bond acceptors (Lipinski definition) is 4. The molecule has 0 saturated heterocycles. The highest BCUT2D eigenvalue weighted by molar-refractivity contribution is 5.97. The molecule has 0 aliphatic heterocycles. The van der Waals surface area contributed by atoms with Crippen LogP contribution in [0.25, 0.3) is 0 Å². The number of hydrazine groups is 1. The molecule has 0 radical (unpaired) electrons. The van der Waals surface area contributed by atoms with Crippen molar-refractivity contribution in [1.82, 2.24) is 21.2 Å². The number of carbonyl (C=O) groups excluding carboxylic acids is 3. The van der Waals surface area contributed by atoms with E-state index in [0.717, 1.165) is 11.1 Å². The fraction of sp³-hybridized carbons (Fsp3) is 0.176. The molecule has 0 aliphatic rings. The molecule has 2 aromatic rings. The lowest BCUT2D eigenvalue weighted by Crippen LogP contribution is -2.46. The minimum Gasteiger partial charge on any atom is -0.343 e. The molecule has 0 unspecified atom stereocenters. The second kappa shape index (κ2) is 7.87. The summed E-state index contributed by atoms with van der Waals surface area (Å²) in [6.45, 7) is 3.61. The summed E-state index contributed by atoms with van der Waals surface area (Å²) in [5.74, 6) is -1.44. The number of amides is 3. The molecule has 1 heterocycles. The van der Waals surface area contributed by atoms with Gasteiger partial charge in [0.2, 0.25) is 0 Å². The van der Waals surface area contributed by atoms with Crippen molar-refractivity contribution in [3.8, 4) is 0 Å². The van der Waals surface area contributed by atoms with Crippen molar-refractivity contribution in [3.63, 3.8) is 0 Å². The summed E-state index contributed by atoms with van der Waals surface area (Å²) in [6.07, 6.45) is 1.47. The first-order valence-electron chi connectivity index (χ1n) is 7.33. The summed E-state index contributed by atoms with van der Waals surface area (Å²) in [5, 5.41) is 2.49. The maximum atomic E-state index is 12.0. The van der Waals surface area contributed by atoms with Gasteiger partial charge in [0.1, 0.15) is 5.69 Å². The van der Waals surface area contributed by atoms with Crippen LogP contribution >= 0.6 is 0 Å². The van der Waals surface area contributed by atoms with E-state index in [0.29, 0.717) is 5.56 Å². The zero-order valence-corrected chi connectivity index (χ0v) is 13.4. The Labute approximate surface area is 139 Å². The van der Waals surface area contributed by atoms with E-state index in [1.165, 1.54) is 12.3 Å². The third-order valence-electron chi connectivity index (χ3n) is 3.39. The minimum atomic E-state index is -0.545. The lowest BCUT2D eigenvalue weighted by Gasteiger charge is -2.09. The maximum Gasteiger partial charge on any atom is 0.288 e. The molecule has 1 aromatic carbocycles. The van der Waals surface area contributed by atoms with E-state index in [2.05, 4.69) is 21.2 Å². The molecule has 0 spiro atoms. The topological polar surface area (TPSA) is 100 Å². The van der Waals surface area contributed by atoms with Crippen LogP contribution < -0.4 is 16.2 Å². The number of benzene rings is 1. The summed E-state index contributed by atoms with van der Waals surface area (Å²) in [4.78, 5) is 39.2. The van der Waals surface area contributed by atoms with Gasteiger partial charge in [-0.1, -0.05) is 12.1 Å². The van der Waals surface area contributed by atoms with E-state index >= 15 is 0 Å². The SMILES string of the molecule is Cc1ccc(C(=O)NCC(=O)NNC(=O)c2ccccn2)cc1C. The van der Waals surface area contributed by atoms with Gasteiger partial charge in [-0.25, -0.2) is 0 Å². The molecule has 7 nitrogen and oxygen atoms in total. The van der Waals surface area contributed by atoms with Crippen molar-refractivity contribution in [2.24, 2.45) is 0 Å². The lowest BCUT2D eigenvalue weighted by molar-refractivity contribution is -0.120. The van der Waals surface area contributed by atoms with Gasteiger partial charge >= 0.3 is 0 Å². The first kappa shape index (κ1) is 17.1. The number of hydrogen-bond donors (Lipinski definition) is 3. The molecule has 0 atom stereocenters. The standard InChI is InChI=1S/C17H18N4O3/c1-11-6-7-13(9-12(11)2)16(23)19-10-15(22)20-21-17(24)14-5-3-4-8-18-14/h3-9H,10H2,1-2H3,(H,19,23)(H,20,22)(H,21,24). The summed E-state index contributed by atoms with van der Waals surface area (Å²) >= 11 is 0. The van der Waals surface area contributed by atoms with Crippen LogP contribution in [0.5, 0.6) is 0 Å². The molecular formula is C17H18N4O3. The van der Waals surface area contributed by atoms with Crippen molar-refractivity contribution in [1.29, 1.82) is 0 Å². The average Bonchev–Trinajstić information content (AvgIpc) is 2.60. The van der Waals surface area contributed by atoms with Crippen LogP contribution in [-0.2, 0) is 4.79 Å². The van der Waals surface area contributed by atoms with E-state index in [9.17, 15) is 14.4 Å². The summed E-state index contributed by atoms with van der Waals surface area (Å²) < 4.78 is 0. The summed E-state index contributed by atoms with van der Waals surface area (Å²) in [5.41, 5.74) is 7.17. The molecule has 24 heavy (non-hydrogen) atoms. The molecule has 0 aliphatic carbocycles. The zero-order valence-electron chi connectivity index (χ0n) is 13.4. The molecule has 124 valence electrons. The Balaban J connectivity index is 1.79. The highest BCUT2D eigenvalue weighted by Gasteiger charge is 2.10. The van der Waals surface area contributed by atoms with Gasteiger partial charge in [0.25, 0.3) is 17.7 Å². The van der Waals surface area contributed by atoms with Gasteiger partial charge in [0.05, 0.1) is 6.54 Å². The fourth-order valence-corrected chi connectivity index (χ4v) is 1.88. The Morgan fingerprint density at radius 3 is 2.42 bits per heavy atom. The predicted octanol–water partition coefficient (Wildman–Crippen LogP) is 0.889. The van der Waals surface area contributed by atoms with Gasteiger partial charge in [-0.3, -0.25) is 30.2 Å². The van der Waals surface area contributed by atoms with E-state index < -0.39 is 11.8 Å². The quantitative estimate of drug-likeness (QED) is 0.726. The molecule has 0 saturated carbocycles. The van der Waals surface area contributed by atoms with Crippen molar-refractivity contribution < 1.29 is 14.4 Å². The number of nitrogens with one attached hydrogen (secondary N) is 3. The summed E-state index contributed by atoms with van der Waals surface area (Å²) in [7, 11) is 0. The molecule has 2 rings (SSSR count). The van der Waals surface area contributed by atoms with Crippen LogP contribution in [0.2, 0.25) is 0 Å². The van der Waals surface area contributed by atoms with E-state index in [1.54, 1.807) is 24.3 Å². The first-order valence-corrected chi connectivity index (χ1v) is 7.33. The van der Waals surface area contributed by atoms with Crippen LogP contribution in [0.4, 0.5) is 0 Å². The second-order valence-electron chi connectivity index (χ2n) is 5.20. The molecule has 0 fully saturated rings. The monoisotopic (exact) mass is 326 g/mol. The van der Waals surface area contributed by atoms with E-state index in [-0.39, 0.29) is 18.1 Å². The number of nitrogens with zero attached hydrogens (tertiary/aromatic N) is 1. The smallest absolute Gasteiger partial charge is 0.288 e. The van der Waals surface area contributed by atoms with Crippen LogP contribution in [-0.4, -0.2) is 29.3 Å². The van der Waals surface area contributed by atoms with Crippen molar-refractivity contribution >= 4 is 17.7 Å². The van der Waals surface area contributed by atoms with Crippen molar-refractivity contribution in [3.05, 3.63) is 65.0 Å². The maximum absolute atomic E-state index is 12.0. The lowest BCUT2D eigenvalue weighted by atomic mass is 10.1. The highest BCUT2D eigenvalue weighted by atomic mass is 16.2. The largest absolute Gasteiger partial charge is 0.343 e. The second-order valence-corrected chi connectivity index (χ2v) is 5.20. The Hall–Kier alpha value is -3.22. The normalized spacial score (nSPS) is 9.92. The molecule has 3 amide bonds. The Bertz CT molecular complexity index is 760. The van der Waals surface area contributed by atoms with Gasteiger partial charge in [0, 0.05) is 11.8 Å². The third kappa shape index (κ3) is 4.64. The number of rotatable bonds is 4. The van der Waals surface area contributed by atoms with E-state index in [1.807, 2.05) is 19.9 Å². The van der Waals surface area contributed by atoms with Crippen LogP contribution in [0.15, 0.2) is 42.6 Å². The number of aromatic nitrogens is 1. The van der Waals surface area contributed by atoms with Gasteiger partial charge in [0.15, 0.2) is 0 Å². The van der Waals surface area contributed by atoms with Crippen molar-refractivity contribution in [2.45, 2.75) is 13.8 Å². The number of aryl methyl sites for hydroxylation is 2. The average molecular weight is 326 g/mol. The molecule has 7 heteroatoms.